The maximum Gasteiger partial charge on any atom is 0.415 e. The SMILES string of the molecule is O=C(O)Cc1csc(SCC(O)C(F)(F)F)n1. The van der Waals surface area contributed by atoms with E-state index in [-0.39, 0.29) is 6.42 Å². The van der Waals surface area contributed by atoms with Crippen LogP contribution in [0.25, 0.3) is 0 Å². The van der Waals surface area contributed by atoms with Crippen molar-refractivity contribution < 1.29 is 28.2 Å². The number of carboxylic acid groups (broad SMARTS) is 1. The van der Waals surface area contributed by atoms with E-state index in [9.17, 15) is 18.0 Å². The van der Waals surface area contributed by atoms with Gasteiger partial charge in [-0.15, -0.1) is 11.3 Å². The van der Waals surface area contributed by atoms with Crippen LogP contribution in [-0.2, 0) is 11.2 Å². The monoisotopic (exact) mass is 287 g/mol. The lowest BCUT2D eigenvalue weighted by atomic mass is 10.3. The first kappa shape index (κ1) is 14.3. The van der Waals surface area contributed by atoms with E-state index in [4.69, 9.17) is 10.2 Å². The quantitative estimate of drug-likeness (QED) is 0.808. The number of carbonyl (C=O) groups is 1. The van der Waals surface area contributed by atoms with Gasteiger partial charge in [0.05, 0.1) is 12.1 Å². The van der Waals surface area contributed by atoms with Crippen molar-refractivity contribution >= 4 is 29.1 Å². The number of hydrogen-bond acceptors (Lipinski definition) is 5. The molecule has 0 saturated carbocycles. The number of halogens is 3. The summed E-state index contributed by atoms with van der Waals surface area (Å²) in [4.78, 5) is 14.2. The zero-order chi connectivity index (χ0) is 13.1. The van der Waals surface area contributed by atoms with Crippen LogP contribution >= 0.6 is 23.1 Å². The van der Waals surface area contributed by atoms with Gasteiger partial charge in [0.1, 0.15) is 4.34 Å². The fourth-order valence-electron chi connectivity index (χ4n) is 0.836. The van der Waals surface area contributed by atoms with Gasteiger partial charge in [0.25, 0.3) is 0 Å². The van der Waals surface area contributed by atoms with Gasteiger partial charge in [-0.25, -0.2) is 4.98 Å². The molecule has 1 rings (SSSR count). The van der Waals surface area contributed by atoms with Gasteiger partial charge < -0.3 is 10.2 Å². The number of thioether (sulfide) groups is 1. The second kappa shape index (κ2) is 5.69. The van der Waals surface area contributed by atoms with E-state index < -0.39 is 24.0 Å². The molecule has 17 heavy (non-hydrogen) atoms. The highest BCUT2D eigenvalue weighted by Crippen LogP contribution is 2.28. The van der Waals surface area contributed by atoms with Crippen LogP contribution in [0, 0.1) is 0 Å². The molecule has 1 aromatic heterocycles. The smallest absolute Gasteiger partial charge is 0.415 e. The molecule has 0 aliphatic carbocycles. The molecule has 1 aromatic rings. The summed E-state index contributed by atoms with van der Waals surface area (Å²) in [6.07, 6.45) is -7.31. The van der Waals surface area contributed by atoms with Gasteiger partial charge in [0, 0.05) is 11.1 Å². The van der Waals surface area contributed by atoms with Crippen molar-refractivity contribution in [1.29, 1.82) is 0 Å². The molecule has 0 aromatic carbocycles. The fraction of sp³-hybridized carbons (Fsp3) is 0.500. The number of carboxylic acids is 1. The second-order valence-electron chi connectivity index (χ2n) is 3.04. The zero-order valence-electron chi connectivity index (χ0n) is 8.27. The van der Waals surface area contributed by atoms with Crippen molar-refractivity contribution in [1.82, 2.24) is 4.98 Å². The van der Waals surface area contributed by atoms with E-state index in [1.165, 1.54) is 5.38 Å². The highest BCUT2D eigenvalue weighted by Gasteiger charge is 2.38. The summed E-state index contributed by atoms with van der Waals surface area (Å²) in [7, 11) is 0. The molecule has 1 unspecified atom stereocenters. The van der Waals surface area contributed by atoms with Crippen LogP contribution in [0.2, 0.25) is 0 Å². The average Bonchev–Trinajstić information content (AvgIpc) is 2.59. The number of aliphatic hydroxyl groups excluding tert-OH is 1. The van der Waals surface area contributed by atoms with E-state index in [0.717, 1.165) is 23.1 Å². The van der Waals surface area contributed by atoms with Crippen LogP contribution in [0.3, 0.4) is 0 Å². The molecular formula is C8H8F3NO3S2. The normalized spacial score (nSPS) is 13.6. The number of aliphatic carboxylic acids is 1. The Balaban J connectivity index is 2.47. The second-order valence-corrected chi connectivity index (χ2v) is 5.17. The van der Waals surface area contributed by atoms with Crippen LogP contribution in [0.1, 0.15) is 5.69 Å². The van der Waals surface area contributed by atoms with Crippen LogP contribution in [0.15, 0.2) is 9.72 Å². The Kier molecular flexibility index (Phi) is 4.78. The van der Waals surface area contributed by atoms with E-state index in [0.29, 0.717) is 10.0 Å². The first-order valence-electron chi connectivity index (χ1n) is 4.33. The molecule has 0 aliphatic heterocycles. The summed E-state index contributed by atoms with van der Waals surface area (Å²) in [5.74, 6) is -1.61. The van der Waals surface area contributed by atoms with Crippen LogP contribution in [-0.4, -0.2) is 39.2 Å². The van der Waals surface area contributed by atoms with E-state index in [1.807, 2.05) is 0 Å². The van der Waals surface area contributed by atoms with Gasteiger partial charge in [0.15, 0.2) is 6.10 Å². The van der Waals surface area contributed by atoms with Crippen molar-refractivity contribution in [3.05, 3.63) is 11.1 Å². The van der Waals surface area contributed by atoms with Crippen LogP contribution in [0.4, 0.5) is 13.2 Å². The Bertz CT molecular complexity index is 394. The third-order valence-corrected chi connectivity index (χ3v) is 3.75. The molecule has 0 bridgehead atoms. The molecular weight excluding hydrogens is 279 g/mol. The van der Waals surface area contributed by atoms with Crippen LogP contribution in [0.5, 0.6) is 0 Å². The summed E-state index contributed by atoms with van der Waals surface area (Å²) < 4.78 is 36.2. The third-order valence-electron chi connectivity index (χ3n) is 1.61. The van der Waals surface area contributed by atoms with Gasteiger partial charge in [0.2, 0.25) is 0 Å². The van der Waals surface area contributed by atoms with Gasteiger partial charge in [-0.3, -0.25) is 4.79 Å². The number of hydrogen-bond donors (Lipinski definition) is 2. The molecule has 0 fully saturated rings. The molecule has 0 aliphatic rings. The molecule has 96 valence electrons. The topological polar surface area (TPSA) is 70.4 Å². The lowest BCUT2D eigenvalue weighted by Gasteiger charge is -2.12. The van der Waals surface area contributed by atoms with Gasteiger partial charge in [-0.2, -0.15) is 13.2 Å². The summed E-state index contributed by atoms with van der Waals surface area (Å²) in [6.45, 7) is 0. The van der Waals surface area contributed by atoms with Crippen LogP contribution < -0.4 is 0 Å². The number of alkyl halides is 3. The molecule has 0 radical (unpaired) electrons. The van der Waals surface area contributed by atoms with Gasteiger partial charge in [-0.05, 0) is 0 Å². The highest BCUT2D eigenvalue weighted by molar-refractivity contribution is 8.01. The van der Waals surface area contributed by atoms with Crippen molar-refractivity contribution in [2.24, 2.45) is 0 Å². The Labute approximate surface area is 102 Å². The largest absolute Gasteiger partial charge is 0.481 e. The Morgan fingerprint density at radius 1 is 1.59 bits per heavy atom. The Morgan fingerprint density at radius 3 is 2.76 bits per heavy atom. The molecule has 1 heterocycles. The van der Waals surface area contributed by atoms with Crippen molar-refractivity contribution in [2.75, 3.05) is 5.75 Å². The molecule has 4 nitrogen and oxygen atoms in total. The Hall–Kier alpha value is -0.800. The number of nitrogens with zero attached hydrogens (tertiary/aromatic N) is 1. The summed E-state index contributed by atoms with van der Waals surface area (Å²) in [5.41, 5.74) is 0.298. The van der Waals surface area contributed by atoms with Crippen molar-refractivity contribution in [3.63, 3.8) is 0 Å². The van der Waals surface area contributed by atoms with Gasteiger partial charge in [-0.1, -0.05) is 11.8 Å². The van der Waals surface area contributed by atoms with Gasteiger partial charge >= 0.3 is 12.1 Å². The number of rotatable bonds is 5. The predicted molar refractivity (Wildman–Crippen MR) is 56.2 cm³/mol. The van der Waals surface area contributed by atoms with Crippen molar-refractivity contribution in [2.45, 2.75) is 23.0 Å². The molecule has 1 atom stereocenters. The Morgan fingerprint density at radius 2 is 2.24 bits per heavy atom. The molecule has 0 saturated heterocycles. The maximum absolute atomic E-state index is 12.0. The molecule has 0 spiro atoms. The first-order valence-corrected chi connectivity index (χ1v) is 6.19. The molecule has 0 amide bonds. The highest BCUT2D eigenvalue weighted by atomic mass is 32.2. The average molecular weight is 287 g/mol. The lowest BCUT2D eigenvalue weighted by molar-refractivity contribution is -0.195. The number of aromatic nitrogens is 1. The van der Waals surface area contributed by atoms with E-state index >= 15 is 0 Å². The minimum absolute atomic E-state index is 0.265. The summed E-state index contributed by atoms with van der Waals surface area (Å²) in [5, 5.41) is 18.7. The summed E-state index contributed by atoms with van der Waals surface area (Å²) in [6, 6.07) is 0. The van der Waals surface area contributed by atoms with E-state index in [2.05, 4.69) is 4.98 Å². The zero-order valence-corrected chi connectivity index (χ0v) is 9.90. The molecule has 2 N–H and O–H groups in total. The van der Waals surface area contributed by atoms with E-state index in [1.54, 1.807) is 0 Å². The predicted octanol–water partition coefficient (Wildman–Crippen LogP) is 1.79. The molecule has 9 heteroatoms. The standard InChI is InChI=1S/C8H8F3NO3S2/c9-8(10,11)5(13)3-17-7-12-4(2-16-7)1-6(14)15/h2,5,13H,1,3H2,(H,14,15). The van der Waals surface area contributed by atoms with Crippen molar-refractivity contribution in [3.8, 4) is 0 Å². The number of thiazole rings is 1. The first-order chi connectivity index (χ1) is 7.79. The maximum atomic E-state index is 12.0. The lowest BCUT2D eigenvalue weighted by Crippen LogP contribution is -2.30. The minimum Gasteiger partial charge on any atom is -0.481 e. The number of aliphatic hydroxyl groups is 1. The fourth-order valence-corrected chi connectivity index (χ4v) is 2.67. The summed E-state index contributed by atoms with van der Waals surface area (Å²) >= 11 is 1.80. The minimum atomic E-state index is -4.64. The third kappa shape index (κ3) is 4.92.